The molecule has 2 fully saturated rings. The molecule has 3 aliphatic heterocycles. The summed E-state index contributed by atoms with van der Waals surface area (Å²) < 4.78 is 5.11. The Morgan fingerprint density at radius 2 is 1.92 bits per heavy atom. The van der Waals surface area contributed by atoms with Crippen LogP contribution in [0.15, 0.2) is 24.3 Å². The summed E-state index contributed by atoms with van der Waals surface area (Å²) in [6.45, 7) is 2.01. The van der Waals surface area contributed by atoms with Gasteiger partial charge < -0.3 is 15.0 Å². The second-order valence-corrected chi connectivity index (χ2v) is 7.31. The normalized spacial score (nSPS) is 32.6. The van der Waals surface area contributed by atoms with Gasteiger partial charge in [0.05, 0.1) is 13.2 Å². The lowest BCUT2D eigenvalue weighted by Gasteiger charge is -2.39. The molecule has 1 amide bonds. The minimum atomic E-state index is -0.491. The van der Waals surface area contributed by atoms with E-state index in [4.69, 9.17) is 4.74 Å². The van der Waals surface area contributed by atoms with Crippen molar-refractivity contribution in [1.82, 2.24) is 10.2 Å². The number of amides is 1. The van der Waals surface area contributed by atoms with Gasteiger partial charge in [-0.05, 0) is 50.2 Å². The van der Waals surface area contributed by atoms with E-state index in [1.165, 1.54) is 20.0 Å². The Morgan fingerprint density at radius 1 is 1.25 bits per heavy atom. The Bertz CT molecular complexity index is 662. The Balaban J connectivity index is 1.68. The lowest BCUT2D eigenvalue weighted by molar-refractivity contribution is -0.149. The molecule has 0 spiro atoms. The minimum Gasteiger partial charge on any atom is -0.467 e. The number of ether oxygens (including phenoxy) is 1. The largest absolute Gasteiger partial charge is 0.467 e. The van der Waals surface area contributed by atoms with E-state index in [-0.39, 0.29) is 23.8 Å². The number of carbonyl (C=O) groups excluding carboxylic acids is 2. The number of nitrogens with one attached hydrogen (secondary N) is 1. The fourth-order valence-corrected chi connectivity index (χ4v) is 4.90. The van der Waals surface area contributed by atoms with Gasteiger partial charge in [-0.15, -0.1) is 0 Å². The van der Waals surface area contributed by atoms with Crippen LogP contribution in [0.5, 0.6) is 0 Å². The van der Waals surface area contributed by atoms with Crippen LogP contribution in [-0.2, 0) is 9.53 Å². The summed E-state index contributed by atoms with van der Waals surface area (Å²) in [5, 5.41) is 3.61. The highest BCUT2D eigenvalue weighted by atomic mass is 16.5. The molecule has 1 aromatic carbocycles. The summed E-state index contributed by atoms with van der Waals surface area (Å²) >= 11 is 0. The van der Waals surface area contributed by atoms with Crippen molar-refractivity contribution in [3.05, 3.63) is 35.4 Å². The Labute approximate surface area is 142 Å². The number of methoxy groups -OCH3 is 1. The molecule has 3 heterocycles. The number of nitrogens with zero attached hydrogens (tertiary/aromatic N) is 1. The molecular weight excluding hydrogens is 304 g/mol. The predicted molar refractivity (Wildman–Crippen MR) is 89.5 cm³/mol. The predicted octanol–water partition coefficient (Wildman–Crippen LogP) is 2.28. The maximum absolute atomic E-state index is 13.0. The van der Waals surface area contributed by atoms with Crippen LogP contribution >= 0.6 is 0 Å². The molecule has 0 saturated carbocycles. The molecule has 24 heavy (non-hydrogen) atoms. The number of benzene rings is 1. The molecule has 5 nitrogen and oxygen atoms in total. The first kappa shape index (κ1) is 15.6. The molecule has 4 atom stereocenters. The van der Waals surface area contributed by atoms with Gasteiger partial charge in [-0.3, -0.25) is 4.79 Å². The van der Waals surface area contributed by atoms with Gasteiger partial charge in [-0.25, -0.2) is 4.79 Å². The standard InChI is InChI=1S/C19H24N2O3/c1-11-15-5-3-4-6-16(15)18(22)21(11)17(19(23)24-2)12-9-13-7-8-14(10-12)20-13/h3-6,11-14,17,20H,7-10H2,1-2H3/t11?,12?,13?,14?,17-/m0/s1. The maximum atomic E-state index is 13.0. The molecule has 3 aliphatic rings. The first-order valence-corrected chi connectivity index (χ1v) is 8.85. The average molecular weight is 328 g/mol. The van der Waals surface area contributed by atoms with E-state index >= 15 is 0 Å². The Morgan fingerprint density at radius 3 is 2.54 bits per heavy atom. The monoisotopic (exact) mass is 328 g/mol. The third-order valence-corrected chi connectivity index (χ3v) is 5.99. The summed E-state index contributed by atoms with van der Waals surface area (Å²) in [6.07, 6.45) is 4.20. The quantitative estimate of drug-likeness (QED) is 0.865. The SMILES string of the molecule is COC(=O)[C@H](C1CC2CCC(C1)N2)N1C(=O)c2ccccc2C1C. The van der Waals surface area contributed by atoms with E-state index in [0.717, 1.165) is 24.0 Å². The first-order chi connectivity index (χ1) is 11.6. The molecule has 128 valence electrons. The van der Waals surface area contributed by atoms with Crippen molar-refractivity contribution in [2.45, 2.75) is 56.8 Å². The molecule has 2 bridgehead atoms. The highest BCUT2D eigenvalue weighted by Gasteiger charge is 2.48. The summed E-state index contributed by atoms with van der Waals surface area (Å²) in [7, 11) is 1.42. The van der Waals surface area contributed by atoms with Gasteiger partial charge in [0.25, 0.3) is 5.91 Å². The minimum absolute atomic E-state index is 0.0422. The van der Waals surface area contributed by atoms with Gasteiger partial charge in [0.2, 0.25) is 0 Å². The number of hydrogen-bond acceptors (Lipinski definition) is 4. The van der Waals surface area contributed by atoms with Crippen LogP contribution in [0.2, 0.25) is 0 Å². The Kier molecular flexibility index (Phi) is 3.83. The number of rotatable bonds is 3. The third kappa shape index (κ3) is 2.34. The van der Waals surface area contributed by atoms with E-state index < -0.39 is 6.04 Å². The molecule has 2 saturated heterocycles. The van der Waals surface area contributed by atoms with Gasteiger partial charge in [0, 0.05) is 17.6 Å². The van der Waals surface area contributed by atoms with Crippen molar-refractivity contribution in [2.75, 3.05) is 7.11 Å². The zero-order valence-electron chi connectivity index (χ0n) is 14.2. The van der Waals surface area contributed by atoms with Crippen LogP contribution in [0.4, 0.5) is 0 Å². The number of hydrogen-bond donors (Lipinski definition) is 1. The van der Waals surface area contributed by atoms with E-state index in [1.807, 2.05) is 31.2 Å². The molecule has 0 aromatic heterocycles. The lowest BCUT2D eigenvalue weighted by Crippen LogP contribution is -2.52. The van der Waals surface area contributed by atoms with Crippen LogP contribution in [-0.4, -0.2) is 42.0 Å². The summed E-state index contributed by atoms with van der Waals surface area (Å²) in [5.41, 5.74) is 1.73. The van der Waals surface area contributed by atoms with Crippen molar-refractivity contribution < 1.29 is 14.3 Å². The van der Waals surface area contributed by atoms with Crippen molar-refractivity contribution in [2.24, 2.45) is 5.92 Å². The van der Waals surface area contributed by atoms with Crippen molar-refractivity contribution >= 4 is 11.9 Å². The molecule has 1 aromatic rings. The first-order valence-electron chi connectivity index (χ1n) is 8.85. The second-order valence-electron chi connectivity index (χ2n) is 7.31. The van der Waals surface area contributed by atoms with Crippen LogP contribution in [0, 0.1) is 5.92 Å². The smallest absolute Gasteiger partial charge is 0.328 e. The lowest BCUT2D eigenvalue weighted by atomic mass is 9.84. The fraction of sp³-hybridized carbons (Fsp3) is 0.579. The highest BCUT2D eigenvalue weighted by Crippen LogP contribution is 2.41. The van der Waals surface area contributed by atoms with Crippen LogP contribution < -0.4 is 5.32 Å². The summed E-state index contributed by atoms with van der Waals surface area (Å²) in [4.78, 5) is 27.4. The van der Waals surface area contributed by atoms with E-state index in [1.54, 1.807) is 4.90 Å². The van der Waals surface area contributed by atoms with Gasteiger partial charge in [0.1, 0.15) is 6.04 Å². The third-order valence-electron chi connectivity index (χ3n) is 5.99. The van der Waals surface area contributed by atoms with Crippen LogP contribution in [0.25, 0.3) is 0 Å². The van der Waals surface area contributed by atoms with Gasteiger partial charge in [0.15, 0.2) is 0 Å². The summed E-state index contributed by atoms with van der Waals surface area (Å²) in [5.74, 6) is -0.161. The zero-order chi connectivity index (χ0) is 16.8. The van der Waals surface area contributed by atoms with E-state index in [9.17, 15) is 9.59 Å². The van der Waals surface area contributed by atoms with Crippen molar-refractivity contribution in [1.29, 1.82) is 0 Å². The fourth-order valence-electron chi connectivity index (χ4n) is 4.90. The number of fused-ring (bicyclic) bond motifs is 3. The number of esters is 1. The summed E-state index contributed by atoms with van der Waals surface area (Å²) in [6, 6.07) is 8.02. The molecule has 1 N–H and O–H groups in total. The molecule has 4 rings (SSSR count). The zero-order valence-corrected chi connectivity index (χ0v) is 14.2. The van der Waals surface area contributed by atoms with Gasteiger partial charge in [-0.1, -0.05) is 18.2 Å². The number of piperidine rings is 1. The molecular formula is C19H24N2O3. The van der Waals surface area contributed by atoms with Crippen LogP contribution in [0.3, 0.4) is 0 Å². The number of carbonyl (C=O) groups is 2. The average Bonchev–Trinajstić information content (AvgIpc) is 3.07. The van der Waals surface area contributed by atoms with Crippen molar-refractivity contribution in [3.63, 3.8) is 0 Å². The van der Waals surface area contributed by atoms with Gasteiger partial charge >= 0.3 is 5.97 Å². The molecule has 5 heteroatoms. The molecule has 0 radical (unpaired) electrons. The van der Waals surface area contributed by atoms with Gasteiger partial charge in [-0.2, -0.15) is 0 Å². The second kappa shape index (κ2) is 5.88. The molecule has 0 aliphatic carbocycles. The van der Waals surface area contributed by atoms with E-state index in [0.29, 0.717) is 12.1 Å². The topological polar surface area (TPSA) is 58.6 Å². The van der Waals surface area contributed by atoms with Crippen LogP contribution in [0.1, 0.15) is 54.6 Å². The molecule has 3 unspecified atom stereocenters. The van der Waals surface area contributed by atoms with Crippen molar-refractivity contribution in [3.8, 4) is 0 Å². The maximum Gasteiger partial charge on any atom is 0.328 e. The highest BCUT2D eigenvalue weighted by molar-refractivity contribution is 6.01. The Hall–Kier alpha value is -1.88. The van der Waals surface area contributed by atoms with E-state index in [2.05, 4.69) is 5.32 Å².